The van der Waals surface area contributed by atoms with Crippen LogP contribution in [0.5, 0.6) is 0 Å². The zero-order chi connectivity index (χ0) is 19.1. The molecule has 28 heavy (non-hydrogen) atoms. The summed E-state index contributed by atoms with van der Waals surface area (Å²) in [5.41, 5.74) is 5.34. The highest BCUT2D eigenvalue weighted by Gasteiger charge is 2.28. The number of nitrogens with zero attached hydrogens (tertiary/aromatic N) is 2. The van der Waals surface area contributed by atoms with Crippen LogP contribution in [0.15, 0.2) is 72.8 Å². The highest BCUT2D eigenvalue weighted by molar-refractivity contribution is 6.00. The van der Waals surface area contributed by atoms with Gasteiger partial charge >= 0.3 is 0 Å². The lowest BCUT2D eigenvalue weighted by atomic mass is 9.86. The van der Waals surface area contributed by atoms with Crippen LogP contribution < -0.4 is 5.32 Å². The van der Waals surface area contributed by atoms with Crippen LogP contribution in [0, 0.1) is 0 Å². The first kappa shape index (κ1) is 16.7. The van der Waals surface area contributed by atoms with Gasteiger partial charge in [0.2, 0.25) is 5.91 Å². The van der Waals surface area contributed by atoms with E-state index in [2.05, 4.69) is 5.32 Å². The van der Waals surface area contributed by atoms with Crippen molar-refractivity contribution >= 4 is 16.8 Å². The molecule has 2 N–H and O–H groups in total. The van der Waals surface area contributed by atoms with Crippen LogP contribution in [0.4, 0.5) is 0 Å². The van der Waals surface area contributed by atoms with Crippen LogP contribution in [-0.2, 0) is 17.9 Å². The first-order chi connectivity index (χ1) is 13.7. The molecule has 0 saturated carbocycles. The highest BCUT2D eigenvalue weighted by atomic mass is 16.3. The summed E-state index contributed by atoms with van der Waals surface area (Å²) in [7, 11) is 0. The Kier molecular flexibility index (Phi) is 3.95. The van der Waals surface area contributed by atoms with Crippen molar-refractivity contribution in [1.29, 1.82) is 0 Å². The first-order valence-corrected chi connectivity index (χ1v) is 9.30. The number of carbonyl (C=O) groups is 1. The first-order valence-electron chi connectivity index (χ1n) is 9.30. The summed E-state index contributed by atoms with van der Waals surface area (Å²) in [6, 6.07) is 23.3. The van der Waals surface area contributed by atoms with Gasteiger partial charge in [0.15, 0.2) is 0 Å². The average molecular weight is 369 g/mol. The summed E-state index contributed by atoms with van der Waals surface area (Å²) in [5.74, 6) is -0.0988. The molecular weight excluding hydrogens is 350 g/mol. The summed E-state index contributed by atoms with van der Waals surface area (Å²) in [5, 5.41) is 19.4. The minimum Gasteiger partial charge on any atom is -0.384 e. The van der Waals surface area contributed by atoms with E-state index in [1.807, 2.05) is 72.8 Å². The molecule has 0 saturated heterocycles. The molecule has 0 unspecified atom stereocenters. The second-order valence-corrected chi connectivity index (χ2v) is 7.00. The third-order valence-electron chi connectivity index (χ3n) is 5.24. The Labute approximate surface area is 162 Å². The lowest BCUT2D eigenvalue weighted by Crippen LogP contribution is -2.27. The van der Waals surface area contributed by atoms with Gasteiger partial charge in [-0.2, -0.15) is 5.10 Å². The summed E-state index contributed by atoms with van der Waals surface area (Å²) in [6.45, 7) is 0.615. The number of amides is 1. The van der Waals surface area contributed by atoms with E-state index in [9.17, 15) is 9.90 Å². The maximum absolute atomic E-state index is 12.5. The third kappa shape index (κ3) is 2.68. The van der Waals surface area contributed by atoms with Gasteiger partial charge in [-0.05, 0) is 22.8 Å². The average Bonchev–Trinajstić information content (AvgIpc) is 3.10. The number of rotatable bonds is 4. The topological polar surface area (TPSA) is 67.2 Å². The number of hydrogen-bond donors (Lipinski definition) is 2. The fraction of sp³-hybridized carbons (Fsp3) is 0.130. The molecule has 5 nitrogen and oxygen atoms in total. The van der Waals surface area contributed by atoms with Crippen molar-refractivity contribution in [3.8, 4) is 11.3 Å². The summed E-state index contributed by atoms with van der Waals surface area (Å²) >= 11 is 0. The molecule has 0 radical (unpaired) electrons. The molecule has 138 valence electrons. The molecule has 0 aliphatic heterocycles. The van der Waals surface area contributed by atoms with Crippen molar-refractivity contribution in [3.05, 3.63) is 89.5 Å². The maximum atomic E-state index is 12.5. The number of hydrogen-bond acceptors (Lipinski definition) is 3. The Hall–Kier alpha value is -3.44. The Balaban J connectivity index is 1.49. The number of fused-ring (bicyclic) bond motifs is 2. The lowest BCUT2D eigenvalue weighted by Gasteiger charge is -2.21. The zero-order valence-electron chi connectivity index (χ0n) is 15.2. The Morgan fingerprint density at radius 1 is 0.964 bits per heavy atom. The van der Waals surface area contributed by atoms with Crippen molar-refractivity contribution in [2.45, 2.75) is 19.2 Å². The predicted octanol–water partition coefficient (Wildman–Crippen LogP) is 3.41. The molecule has 0 bridgehead atoms. The molecule has 4 aromatic rings. The minimum absolute atomic E-state index is 0.0988. The fourth-order valence-electron chi connectivity index (χ4n) is 3.90. The molecule has 0 spiro atoms. The highest BCUT2D eigenvalue weighted by Crippen LogP contribution is 2.43. The van der Waals surface area contributed by atoms with Gasteiger partial charge in [-0.15, -0.1) is 0 Å². The van der Waals surface area contributed by atoms with Gasteiger partial charge in [0, 0.05) is 17.5 Å². The number of carbonyl (C=O) groups excluding carboxylic acids is 1. The monoisotopic (exact) mass is 369 g/mol. The van der Waals surface area contributed by atoms with Crippen molar-refractivity contribution in [3.63, 3.8) is 0 Å². The van der Waals surface area contributed by atoms with Gasteiger partial charge in [0.1, 0.15) is 18.3 Å². The number of nitrogens with one attached hydrogen (secondary N) is 1. The molecule has 1 amide bonds. The number of aliphatic hydroxyl groups is 1. The number of aliphatic hydroxyl groups excluding tert-OH is 1. The lowest BCUT2D eigenvalue weighted by molar-refractivity contribution is -0.121. The molecule has 1 aliphatic rings. The van der Waals surface area contributed by atoms with Gasteiger partial charge < -0.3 is 10.4 Å². The van der Waals surface area contributed by atoms with E-state index < -0.39 is 6.10 Å². The molecule has 1 aromatic heterocycles. The molecule has 3 aromatic carbocycles. The standard InChI is InChI=1S/C23H19N3O2/c27-20(24-13-15-7-2-1-3-8-15)14-26-19-12-6-11-18-21(19)22(25-26)16-9-4-5-10-17(16)23(18)28/h1-12,23,28H,13-14H2,(H,24,27)/t23-/m1/s1. The van der Waals surface area contributed by atoms with E-state index in [0.29, 0.717) is 6.54 Å². The summed E-state index contributed by atoms with van der Waals surface area (Å²) in [6.07, 6.45) is -0.683. The summed E-state index contributed by atoms with van der Waals surface area (Å²) < 4.78 is 1.73. The third-order valence-corrected chi connectivity index (χ3v) is 5.24. The van der Waals surface area contributed by atoms with E-state index in [1.54, 1.807) is 4.68 Å². The molecule has 0 fully saturated rings. The fourth-order valence-corrected chi connectivity index (χ4v) is 3.90. The maximum Gasteiger partial charge on any atom is 0.242 e. The molecular formula is C23H19N3O2. The quantitative estimate of drug-likeness (QED) is 0.579. The van der Waals surface area contributed by atoms with E-state index in [-0.39, 0.29) is 12.5 Å². The van der Waals surface area contributed by atoms with Gasteiger partial charge in [-0.3, -0.25) is 9.48 Å². The number of aromatic nitrogens is 2. The molecule has 5 heteroatoms. The van der Waals surface area contributed by atoms with E-state index >= 15 is 0 Å². The molecule has 5 rings (SSSR count). The molecule has 1 atom stereocenters. The van der Waals surface area contributed by atoms with E-state index in [0.717, 1.165) is 38.9 Å². The van der Waals surface area contributed by atoms with Crippen molar-refractivity contribution in [2.24, 2.45) is 0 Å². The van der Waals surface area contributed by atoms with Crippen LogP contribution in [0.1, 0.15) is 22.8 Å². The van der Waals surface area contributed by atoms with Gasteiger partial charge in [0.05, 0.1) is 5.52 Å². The minimum atomic E-state index is -0.683. The van der Waals surface area contributed by atoms with Crippen molar-refractivity contribution in [2.75, 3.05) is 0 Å². The Morgan fingerprint density at radius 2 is 1.71 bits per heavy atom. The Morgan fingerprint density at radius 3 is 2.57 bits per heavy atom. The summed E-state index contributed by atoms with van der Waals surface area (Å²) in [4.78, 5) is 12.5. The van der Waals surface area contributed by atoms with Crippen LogP contribution in [-0.4, -0.2) is 20.8 Å². The van der Waals surface area contributed by atoms with Crippen LogP contribution in [0.3, 0.4) is 0 Å². The molecule has 1 aliphatic carbocycles. The van der Waals surface area contributed by atoms with E-state index in [1.165, 1.54) is 0 Å². The van der Waals surface area contributed by atoms with Gasteiger partial charge in [-0.1, -0.05) is 66.7 Å². The molecule has 1 heterocycles. The van der Waals surface area contributed by atoms with Crippen LogP contribution in [0.2, 0.25) is 0 Å². The largest absolute Gasteiger partial charge is 0.384 e. The van der Waals surface area contributed by atoms with Crippen molar-refractivity contribution in [1.82, 2.24) is 15.1 Å². The normalized spacial score (nSPS) is 14.7. The van der Waals surface area contributed by atoms with Gasteiger partial charge in [0.25, 0.3) is 0 Å². The Bertz CT molecular complexity index is 1180. The van der Waals surface area contributed by atoms with Crippen LogP contribution in [0.25, 0.3) is 22.2 Å². The SMILES string of the molecule is O=C(Cn1nc2c3c(cccc31)[C@H](O)c1ccccc1-2)NCc1ccccc1. The zero-order valence-corrected chi connectivity index (χ0v) is 15.2. The van der Waals surface area contributed by atoms with Crippen LogP contribution >= 0.6 is 0 Å². The number of benzene rings is 3. The predicted molar refractivity (Wildman–Crippen MR) is 108 cm³/mol. The smallest absolute Gasteiger partial charge is 0.242 e. The van der Waals surface area contributed by atoms with E-state index in [4.69, 9.17) is 5.10 Å². The second-order valence-electron chi connectivity index (χ2n) is 7.00. The van der Waals surface area contributed by atoms with Gasteiger partial charge in [-0.25, -0.2) is 0 Å². The second kappa shape index (κ2) is 6.62. The van der Waals surface area contributed by atoms with Crippen molar-refractivity contribution < 1.29 is 9.90 Å².